The van der Waals surface area contributed by atoms with E-state index in [2.05, 4.69) is 27.7 Å². The molecule has 0 nitrogen and oxygen atoms in total. The summed E-state index contributed by atoms with van der Waals surface area (Å²) in [7, 11) is 0.763. The zero-order valence-corrected chi connectivity index (χ0v) is 22.2. The molecule has 0 spiro atoms. The second kappa shape index (κ2) is 30.7. The van der Waals surface area contributed by atoms with Crippen molar-refractivity contribution in [3.63, 3.8) is 0 Å². The van der Waals surface area contributed by atoms with Crippen molar-refractivity contribution in [3.05, 3.63) is 0 Å². The fraction of sp³-hybridized carbons (Fsp3) is 1.00. The third-order valence-corrected chi connectivity index (χ3v) is 9.95. The predicted octanol–water partition coefficient (Wildman–Crippen LogP) is 9.23. The topological polar surface area (TPSA) is 0 Å². The van der Waals surface area contributed by atoms with Crippen LogP contribution in [0.5, 0.6) is 0 Å². The van der Waals surface area contributed by atoms with Gasteiger partial charge in [0.25, 0.3) is 0 Å². The van der Waals surface area contributed by atoms with Crippen molar-refractivity contribution in [3.8, 4) is 0 Å². The van der Waals surface area contributed by atoms with Crippen LogP contribution >= 0.6 is 65.5 Å². The van der Waals surface area contributed by atoms with Gasteiger partial charge in [0.2, 0.25) is 0 Å². The van der Waals surface area contributed by atoms with Crippen molar-refractivity contribution in [2.75, 3.05) is 37.0 Å². The molecule has 0 aromatic rings. The summed E-state index contributed by atoms with van der Waals surface area (Å²) in [6.45, 7) is 9.40. The Hall–Kier alpha value is 2.02. The molecule has 0 rings (SSSR count). The highest BCUT2D eigenvalue weighted by Crippen LogP contribution is 2.43. The molecule has 0 unspecified atom stereocenters. The molecule has 0 bridgehead atoms. The number of unbranched alkanes of at least 4 members (excludes halogenated alkanes) is 4. The van der Waals surface area contributed by atoms with Gasteiger partial charge in [0.15, 0.2) is 0 Å². The van der Waals surface area contributed by atoms with Gasteiger partial charge >= 0.3 is 0 Å². The van der Waals surface area contributed by atoms with E-state index >= 15 is 0 Å². The average molecular weight is 478 g/mol. The molecule has 0 atom stereocenters. The van der Waals surface area contributed by atoms with E-state index in [-0.39, 0.29) is 49.6 Å². The zero-order chi connectivity index (χ0) is 15.8. The van der Waals surface area contributed by atoms with E-state index < -0.39 is 0 Å². The van der Waals surface area contributed by atoms with Crippen LogP contribution in [0.4, 0.5) is 0 Å². The Labute approximate surface area is 187 Å². The van der Waals surface area contributed by atoms with Gasteiger partial charge in [-0.2, -0.15) is 0 Å². The molecule has 0 aliphatic rings. The van der Waals surface area contributed by atoms with Crippen molar-refractivity contribution in [2.45, 2.75) is 85.5 Å². The molecule has 0 saturated heterocycles. The Morgan fingerprint density at radius 2 is 0.560 bits per heavy atom. The first-order valence-electron chi connectivity index (χ1n) is 9.73. The summed E-state index contributed by atoms with van der Waals surface area (Å²) >= 11 is 0. The number of rotatable bonds is 16. The quantitative estimate of drug-likeness (QED) is 0.194. The summed E-state index contributed by atoms with van der Waals surface area (Å²) in [5.74, 6) is 0. The lowest BCUT2D eigenvalue weighted by Crippen LogP contribution is -2.01. The normalized spacial score (nSPS) is 9.84. The van der Waals surface area contributed by atoms with Crippen LogP contribution in [0.25, 0.3) is 0 Å². The van der Waals surface area contributed by atoms with Crippen LogP contribution in [0, 0.1) is 0 Å². The maximum absolute atomic E-state index is 2.35. The minimum Gasteiger partial charge on any atom is -0.147 e. The second-order valence-electron chi connectivity index (χ2n) is 6.45. The lowest BCUT2D eigenvalue weighted by molar-refractivity contribution is 0.857. The molecule has 0 fully saturated rings. The Bertz CT molecular complexity index is 174. The van der Waals surface area contributed by atoms with Crippen LogP contribution < -0.4 is 0 Å². The third-order valence-electron chi connectivity index (χ3n) is 4.26. The minimum atomic E-state index is 0. The molecule has 0 amide bonds. The Morgan fingerprint density at radius 3 is 0.760 bits per heavy atom. The maximum Gasteiger partial charge on any atom is -0.0323 e. The monoisotopic (exact) mass is 476 g/mol. The molecule has 0 aliphatic heterocycles. The highest BCUT2D eigenvalue weighted by molar-refractivity contribution is 7.58. The smallest absolute Gasteiger partial charge is 0.0323 e. The maximum atomic E-state index is 2.35. The standard InChI is InChI=1S/C19H42P2.4ClH/c1-5-9-14-20(15-10-6-2)18-13-19-21(16-11-7-3)17-12-8-4;;;;/h5-19H2,1-4H3;4*1H. The highest BCUT2D eigenvalue weighted by atomic mass is 35.5. The van der Waals surface area contributed by atoms with Gasteiger partial charge in [-0.05, 0) is 69.1 Å². The molecule has 25 heavy (non-hydrogen) atoms. The van der Waals surface area contributed by atoms with E-state index in [1.165, 1.54) is 51.4 Å². The predicted molar refractivity (Wildman–Crippen MR) is 136 cm³/mol. The largest absolute Gasteiger partial charge is 0.147 e. The average Bonchev–Trinajstić information content (AvgIpc) is 2.51. The van der Waals surface area contributed by atoms with Gasteiger partial charge in [0.05, 0.1) is 0 Å². The van der Waals surface area contributed by atoms with Gasteiger partial charge < -0.3 is 0 Å². The molecule has 0 N–H and O–H groups in total. The van der Waals surface area contributed by atoms with Crippen molar-refractivity contribution in [1.82, 2.24) is 0 Å². The van der Waals surface area contributed by atoms with Gasteiger partial charge in [-0.1, -0.05) is 53.4 Å². The molecule has 160 valence electrons. The van der Waals surface area contributed by atoms with Gasteiger partial charge in [0.1, 0.15) is 0 Å². The molecular weight excluding hydrogens is 432 g/mol. The summed E-state index contributed by atoms with van der Waals surface area (Å²) in [6.07, 6.45) is 22.5. The van der Waals surface area contributed by atoms with Crippen molar-refractivity contribution < 1.29 is 0 Å². The lowest BCUT2D eigenvalue weighted by atomic mass is 10.4. The molecule has 0 saturated carbocycles. The third kappa shape index (κ3) is 26.0. The van der Waals surface area contributed by atoms with Gasteiger partial charge in [-0.25, -0.2) is 0 Å². The highest BCUT2D eigenvalue weighted by Gasteiger charge is 2.10. The number of hydrogen-bond donors (Lipinski definition) is 0. The van der Waals surface area contributed by atoms with Crippen LogP contribution in [0.2, 0.25) is 0 Å². The fourth-order valence-corrected chi connectivity index (χ4v) is 8.57. The summed E-state index contributed by atoms with van der Waals surface area (Å²) in [5.41, 5.74) is 0. The molecule has 6 heteroatoms. The summed E-state index contributed by atoms with van der Waals surface area (Å²) in [6, 6.07) is 0. The van der Waals surface area contributed by atoms with Gasteiger partial charge in [0, 0.05) is 0 Å². The van der Waals surface area contributed by atoms with Crippen molar-refractivity contribution in [2.24, 2.45) is 0 Å². The second-order valence-corrected chi connectivity index (χ2v) is 11.8. The minimum absolute atomic E-state index is 0. The molecule has 0 aromatic heterocycles. The molecular formula is C19H46Cl4P2. The summed E-state index contributed by atoms with van der Waals surface area (Å²) in [4.78, 5) is 0. The zero-order valence-electron chi connectivity index (χ0n) is 17.1. The summed E-state index contributed by atoms with van der Waals surface area (Å²) < 4.78 is 0. The van der Waals surface area contributed by atoms with E-state index in [0.29, 0.717) is 15.8 Å². The Balaban J connectivity index is -0.000000333. The van der Waals surface area contributed by atoms with Crippen LogP contribution in [0.3, 0.4) is 0 Å². The van der Waals surface area contributed by atoms with Crippen LogP contribution in [0.1, 0.15) is 85.5 Å². The molecule has 0 radical (unpaired) electrons. The van der Waals surface area contributed by atoms with E-state index in [4.69, 9.17) is 0 Å². The molecule has 0 aromatic carbocycles. The van der Waals surface area contributed by atoms with E-state index in [9.17, 15) is 0 Å². The molecule has 0 aliphatic carbocycles. The Morgan fingerprint density at radius 1 is 0.360 bits per heavy atom. The van der Waals surface area contributed by atoms with Gasteiger partial charge in [-0.3, -0.25) is 0 Å². The number of hydrogen-bond acceptors (Lipinski definition) is 0. The SMILES string of the molecule is CCCCP(CCCC)CCCP(CCCC)CCCC.Cl.Cl.Cl.Cl. The summed E-state index contributed by atoms with van der Waals surface area (Å²) in [5, 5.41) is 0. The van der Waals surface area contributed by atoms with E-state index in [1.54, 1.807) is 43.4 Å². The van der Waals surface area contributed by atoms with Crippen LogP contribution in [-0.4, -0.2) is 37.0 Å². The first kappa shape index (κ1) is 37.7. The lowest BCUT2D eigenvalue weighted by Gasteiger charge is -2.21. The first-order valence-corrected chi connectivity index (χ1v) is 13.5. The van der Waals surface area contributed by atoms with Crippen LogP contribution in [0.15, 0.2) is 0 Å². The van der Waals surface area contributed by atoms with E-state index in [0.717, 1.165) is 0 Å². The number of halogens is 4. The van der Waals surface area contributed by atoms with Crippen molar-refractivity contribution in [1.29, 1.82) is 0 Å². The van der Waals surface area contributed by atoms with Crippen molar-refractivity contribution >= 4 is 65.5 Å². The van der Waals surface area contributed by atoms with Gasteiger partial charge in [-0.15, -0.1) is 65.5 Å². The molecule has 0 heterocycles. The Kier molecular flexibility index (Phi) is 46.4. The first-order chi connectivity index (χ1) is 10.3. The van der Waals surface area contributed by atoms with E-state index in [1.807, 2.05) is 0 Å². The fourth-order valence-electron chi connectivity index (χ4n) is 2.72. The van der Waals surface area contributed by atoms with Crippen LogP contribution in [-0.2, 0) is 0 Å².